The highest BCUT2D eigenvalue weighted by Crippen LogP contribution is 2.10. The van der Waals surface area contributed by atoms with Gasteiger partial charge in [-0.2, -0.15) is 0 Å². The summed E-state index contributed by atoms with van der Waals surface area (Å²) < 4.78 is 0. The summed E-state index contributed by atoms with van der Waals surface area (Å²) in [4.78, 5) is 23.5. The van der Waals surface area contributed by atoms with Crippen LogP contribution >= 0.6 is 0 Å². The Morgan fingerprint density at radius 1 is 0.680 bits per heavy atom. The Morgan fingerprint density at radius 3 is 1.40 bits per heavy atom. The lowest BCUT2D eigenvalue weighted by atomic mass is 10.1. The molecule has 6 nitrogen and oxygen atoms in total. The molecule has 2 amide bonds. The average Bonchev–Trinajstić information content (AvgIpc) is 2.58. The van der Waals surface area contributed by atoms with Gasteiger partial charge in [0.05, 0.1) is 0 Å². The van der Waals surface area contributed by atoms with Crippen molar-refractivity contribution in [2.75, 3.05) is 13.1 Å². The summed E-state index contributed by atoms with van der Waals surface area (Å²) in [5.41, 5.74) is 1.99. The van der Waals surface area contributed by atoms with Gasteiger partial charge in [-0.3, -0.25) is 9.59 Å². The molecule has 25 heavy (non-hydrogen) atoms. The van der Waals surface area contributed by atoms with Crippen LogP contribution in [0.15, 0.2) is 48.5 Å². The van der Waals surface area contributed by atoms with Crippen LogP contribution < -0.4 is 10.6 Å². The lowest BCUT2D eigenvalue weighted by Gasteiger charge is -2.07. The van der Waals surface area contributed by atoms with Gasteiger partial charge in [-0.15, -0.1) is 0 Å². The Hall–Kier alpha value is -3.02. The fourth-order valence-corrected chi connectivity index (χ4v) is 2.29. The number of hydrogen-bond donors (Lipinski definition) is 4. The summed E-state index contributed by atoms with van der Waals surface area (Å²) in [6, 6.07) is 13.5. The molecule has 0 bridgehead atoms. The maximum atomic E-state index is 11.7. The quantitative estimate of drug-likeness (QED) is 0.547. The number of nitrogens with one attached hydrogen (secondary N) is 2. The van der Waals surface area contributed by atoms with E-state index < -0.39 is 0 Å². The van der Waals surface area contributed by atoms with Gasteiger partial charge in [0, 0.05) is 13.1 Å². The molecule has 0 aliphatic rings. The van der Waals surface area contributed by atoms with Gasteiger partial charge < -0.3 is 20.8 Å². The smallest absolute Gasteiger partial charge is 0.229 e. The Labute approximate surface area is 146 Å². The molecule has 0 aliphatic heterocycles. The third kappa shape index (κ3) is 6.95. The third-order valence-electron chi connectivity index (χ3n) is 3.67. The Bertz CT molecular complexity index is 635. The molecule has 2 aromatic carbocycles. The minimum absolute atomic E-state index is 0.203. The first-order chi connectivity index (χ1) is 12.0. The van der Waals surface area contributed by atoms with Gasteiger partial charge in [0.15, 0.2) is 0 Å². The lowest BCUT2D eigenvalue weighted by molar-refractivity contribution is -0.129. The SMILES string of the molecule is O=C(CC(=O)NCCc1ccc(O)cc1)NCCc1ccc(O)cc1. The molecule has 0 aliphatic carbocycles. The molecule has 4 N–H and O–H groups in total. The first-order valence-electron chi connectivity index (χ1n) is 8.12. The molecule has 0 radical (unpaired) electrons. The molecular formula is C19H22N2O4. The van der Waals surface area contributed by atoms with E-state index in [1.807, 2.05) is 0 Å². The second-order valence-corrected chi connectivity index (χ2v) is 5.71. The number of phenols is 2. The largest absolute Gasteiger partial charge is 0.508 e. The van der Waals surface area contributed by atoms with Gasteiger partial charge in [0.25, 0.3) is 0 Å². The van der Waals surface area contributed by atoms with Crippen molar-refractivity contribution in [2.24, 2.45) is 0 Å². The first kappa shape index (κ1) is 18.3. The van der Waals surface area contributed by atoms with E-state index in [2.05, 4.69) is 10.6 Å². The minimum atomic E-state index is -0.319. The van der Waals surface area contributed by atoms with Crippen molar-refractivity contribution in [3.8, 4) is 11.5 Å². The first-order valence-corrected chi connectivity index (χ1v) is 8.12. The average molecular weight is 342 g/mol. The maximum absolute atomic E-state index is 11.7. The fourth-order valence-electron chi connectivity index (χ4n) is 2.29. The molecule has 0 spiro atoms. The third-order valence-corrected chi connectivity index (χ3v) is 3.67. The van der Waals surface area contributed by atoms with E-state index in [1.54, 1.807) is 48.5 Å². The van der Waals surface area contributed by atoms with Gasteiger partial charge in [0.1, 0.15) is 17.9 Å². The second-order valence-electron chi connectivity index (χ2n) is 5.71. The zero-order valence-electron chi connectivity index (χ0n) is 13.9. The van der Waals surface area contributed by atoms with E-state index in [1.165, 1.54) is 0 Å². The highest BCUT2D eigenvalue weighted by atomic mass is 16.3. The van der Waals surface area contributed by atoms with Crippen molar-refractivity contribution in [3.63, 3.8) is 0 Å². The van der Waals surface area contributed by atoms with Crippen LogP contribution in [0.2, 0.25) is 0 Å². The summed E-state index contributed by atoms with van der Waals surface area (Å²) in [7, 11) is 0. The number of rotatable bonds is 8. The number of carbonyl (C=O) groups excluding carboxylic acids is 2. The van der Waals surface area contributed by atoms with E-state index in [4.69, 9.17) is 0 Å². The van der Waals surface area contributed by atoms with Gasteiger partial charge in [-0.25, -0.2) is 0 Å². The predicted octanol–water partition coefficient (Wildman–Crippen LogP) is 1.51. The van der Waals surface area contributed by atoms with Crippen molar-refractivity contribution >= 4 is 11.8 Å². The second kappa shape index (κ2) is 9.32. The number of amides is 2. The molecule has 2 rings (SSSR count). The molecule has 0 unspecified atom stereocenters. The van der Waals surface area contributed by atoms with Gasteiger partial charge in [-0.05, 0) is 48.2 Å². The van der Waals surface area contributed by atoms with Crippen molar-refractivity contribution in [3.05, 3.63) is 59.7 Å². The van der Waals surface area contributed by atoms with Crippen molar-refractivity contribution in [1.82, 2.24) is 10.6 Å². The molecule has 0 fully saturated rings. The number of carbonyl (C=O) groups is 2. The van der Waals surface area contributed by atoms with Crippen LogP contribution in [0.4, 0.5) is 0 Å². The topological polar surface area (TPSA) is 98.7 Å². The molecule has 0 saturated heterocycles. The summed E-state index contributed by atoms with van der Waals surface area (Å²) in [6.07, 6.45) is 1.06. The van der Waals surface area contributed by atoms with Crippen molar-refractivity contribution in [1.29, 1.82) is 0 Å². The van der Waals surface area contributed by atoms with Crippen LogP contribution in [0, 0.1) is 0 Å². The zero-order valence-corrected chi connectivity index (χ0v) is 13.9. The Balaban J connectivity index is 1.60. The number of phenolic OH excluding ortho intramolecular Hbond substituents is 2. The Morgan fingerprint density at radius 2 is 1.04 bits per heavy atom. The summed E-state index contributed by atoms with van der Waals surface area (Å²) in [6.45, 7) is 0.870. The predicted molar refractivity (Wildman–Crippen MR) is 94.3 cm³/mol. The summed E-state index contributed by atoms with van der Waals surface area (Å²) in [5, 5.41) is 23.8. The monoisotopic (exact) mass is 342 g/mol. The maximum Gasteiger partial charge on any atom is 0.229 e. The van der Waals surface area contributed by atoms with E-state index >= 15 is 0 Å². The lowest BCUT2D eigenvalue weighted by Crippen LogP contribution is -2.33. The fraction of sp³-hybridized carbons (Fsp3) is 0.263. The van der Waals surface area contributed by atoms with E-state index in [0.29, 0.717) is 25.9 Å². The molecular weight excluding hydrogens is 320 g/mol. The Kier molecular flexibility index (Phi) is 6.83. The highest BCUT2D eigenvalue weighted by Gasteiger charge is 2.08. The summed E-state index contributed by atoms with van der Waals surface area (Å²) >= 11 is 0. The molecule has 0 saturated carbocycles. The van der Waals surface area contributed by atoms with Crippen LogP contribution in [-0.2, 0) is 22.4 Å². The van der Waals surface area contributed by atoms with E-state index in [9.17, 15) is 19.8 Å². The molecule has 132 valence electrons. The van der Waals surface area contributed by atoms with Crippen LogP contribution in [0.5, 0.6) is 11.5 Å². The molecule has 0 atom stereocenters. The van der Waals surface area contributed by atoms with E-state index in [0.717, 1.165) is 11.1 Å². The van der Waals surface area contributed by atoms with Crippen LogP contribution in [0.1, 0.15) is 17.5 Å². The minimum Gasteiger partial charge on any atom is -0.508 e. The standard InChI is InChI=1S/C19H22N2O4/c22-16-5-1-14(2-6-16)9-11-20-18(24)13-19(25)21-12-10-15-3-7-17(23)8-4-15/h1-8,22-23H,9-13H2,(H,20,24)(H,21,25). The van der Waals surface area contributed by atoms with Crippen LogP contribution in [-0.4, -0.2) is 35.1 Å². The molecule has 6 heteroatoms. The van der Waals surface area contributed by atoms with Crippen molar-refractivity contribution in [2.45, 2.75) is 19.3 Å². The molecule has 0 heterocycles. The van der Waals surface area contributed by atoms with Gasteiger partial charge in [-0.1, -0.05) is 24.3 Å². The van der Waals surface area contributed by atoms with Crippen LogP contribution in [0.25, 0.3) is 0 Å². The number of hydrogen-bond acceptors (Lipinski definition) is 4. The summed E-state index contributed by atoms with van der Waals surface area (Å²) in [5.74, 6) is -0.227. The van der Waals surface area contributed by atoms with Crippen LogP contribution in [0.3, 0.4) is 0 Å². The molecule has 0 aromatic heterocycles. The van der Waals surface area contributed by atoms with Gasteiger partial charge >= 0.3 is 0 Å². The number of aromatic hydroxyl groups is 2. The molecule has 2 aromatic rings. The zero-order chi connectivity index (χ0) is 18.1. The van der Waals surface area contributed by atoms with Crippen molar-refractivity contribution < 1.29 is 19.8 Å². The van der Waals surface area contributed by atoms with E-state index in [-0.39, 0.29) is 29.7 Å². The normalized spacial score (nSPS) is 10.2. The number of benzene rings is 2. The highest BCUT2D eigenvalue weighted by molar-refractivity contribution is 5.96. The van der Waals surface area contributed by atoms with Gasteiger partial charge in [0.2, 0.25) is 11.8 Å².